The van der Waals surface area contributed by atoms with Gasteiger partial charge in [0, 0.05) is 24.7 Å². The summed E-state index contributed by atoms with van der Waals surface area (Å²) in [5, 5.41) is 3.36. The van der Waals surface area contributed by atoms with Crippen molar-refractivity contribution in [2.45, 2.75) is 56.7 Å². The second-order valence-corrected chi connectivity index (χ2v) is 6.74. The van der Waals surface area contributed by atoms with Crippen LogP contribution in [0.2, 0.25) is 0 Å². The molecular weight excluding hydrogens is 222 g/mol. The molecule has 18 heavy (non-hydrogen) atoms. The van der Waals surface area contributed by atoms with E-state index in [-0.39, 0.29) is 0 Å². The van der Waals surface area contributed by atoms with E-state index >= 15 is 0 Å². The van der Waals surface area contributed by atoms with Gasteiger partial charge in [-0.3, -0.25) is 4.90 Å². The van der Waals surface area contributed by atoms with Crippen molar-refractivity contribution in [3.05, 3.63) is 0 Å². The highest BCUT2D eigenvalue weighted by Gasteiger charge is 2.40. The molecule has 3 rings (SSSR count). The van der Waals surface area contributed by atoms with Crippen LogP contribution in [0.1, 0.15) is 38.5 Å². The quantitative estimate of drug-likeness (QED) is 0.821. The minimum atomic E-state index is 0.887. The van der Waals surface area contributed by atoms with Crippen LogP contribution >= 0.6 is 0 Å². The van der Waals surface area contributed by atoms with Gasteiger partial charge in [0.05, 0.1) is 0 Å². The van der Waals surface area contributed by atoms with Gasteiger partial charge in [-0.05, 0) is 71.6 Å². The third kappa shape index (κ3) is 2.45. The summed E-state index contributed by atoms with van der Waals surface area (Å²) in [7, 11) is 4.44. The number of hydrogen-bond acceptors (Lipinski definition) is 3. The molecule has 3 atom stereocenters. The standard InChI is InChI=1S/C15H29N3/c1-16-10-12-4-3-7-18(11-12)15-8-13-5-6-14(9-15)17(13)2/h12-16H,3-11H2,1-2H3. The SMILES string of the molecule is CNCC1CCCN(C2CC3CCC(C2)N3C)C1. The lowest BCUT2D eigenvalue weighted by molar-refractivity contribution is 0.0483. The highest BCUT2D eigenvalue weighted by molar-refractivity contribution is 4.97. The fourth-order valence-corrected chi connectivity index (χ4v) is 4.57. The Morgan fingerprint density at radius 1 is 1.06 bits per heavy atom. The molecule has 0 saturated carbocycles. The minimum absolute atomic E-state index is 0.887. The van der Waals surface area contributed by atoms with Crippen LogP contribution in [0.5, 0.6) is 0 Å². The molecule has 3 unspecified atom stereocenters. The number of piperidine rings is 2. The molecule has 3 nitrogen and oxygen atoms in total. The second-order valence-electron chi connectivity index (χ2n) is 6.74. The summed E-state index contributed by atoms with van der Waals surface area (Å²) in [6.45, 7) is 3.90. The van der Waals surface area contributed by atoms with E-state index in [1.165, 1.54) is 58.2 Å². The van der Waals surface area contributed by atoms with Gasteiger partial charge in [-0.25, -0.2) is 0 Å². The zero-order valence-corrected chi connectivity index (χ0v) is 12.1. The predicted molar refractivity (Wildman–Crippen MR) is 75.8 cm³/mol. The van der Waals surface area contributed by atoms with E-state index < -0.39 is 0 Å². The minimum Gasteiger partial charge on any atom is -0.319 e. The Morgan fingerprint density at radius 3 is 2.44 bits per heavy atom. The summed E-state index contributed by atoms with van der Waals surface area (Å²) >= 11 is 0. The fourth-order valence-electron chi connectivity index (χ4n) is 4.57. The number of rotatable bonds is 3. The van der Waals surface area contributed by atoms with Gasteiger partial charge < -0.3 is 10.2 Å². The first kappa shape index (κ1) is 12.9. The maximum Gasteiger partial charge on any atom is 0.0125 e. The van der Waals surface area contributed by atoms with Gasteiger partial charge in [0.2, 0.25) is 0 Å². The predicted octanol–water partition coefficient (Wildman–Crippen LogP) is 1.54. The first-order valence-corrected chi connectivity index (χ1v) is 7.88. The monoisotopic (exact) mass is 251 g/mol. The molecule has 0 amide bonds. The Kier molecular flexibility index (Phi) is 3.92. The molecule has 2 bridgehead atoms. The molecule has 3 heterocycles. The van der Waals surface area contributed by atoms with Gasteiger partial charge in [0.25, 0.3) is 0 Å². The number of hydrogen-bond donors (Lipinski definition) is 1. The average molecular weight is 251 g/mol. The van der Waals surface area contributed by atoms with Crippen LogP contribution in [-0.2, 0) is 0 Å². The van der Waals surface area contributed by atoms with Gasteiger partial charge in [-0.2, -0.15) is 0 Å². The fraction of sp³-hybridized carbons (Fsp3) is 1.00. The van der Waals surface area contributed by atoms with Crippen LogP contribution in [-0.4, -0.2) is 61.7 Å². The summed E-state index contributed by atoms with van der Waals surface area (Å²) < 4.78 is 0. The molecule has 0 radical (unpaired) electrons. The van der Waals surface area contributed by atoms with Crippen molar-refractivity contribution in [2.24, 2.45) is 5.92 Å². The molecule has 3 saturated heterocycles. The topological polar surface area (TPSA) is 18.5 Å². The number of fused-ring (bicyclic) bond motifs is 2. The van der Waals surface area contributed by atoms with E-state index in [0.717, 1.165) is 24.0 Å². The average Bonchev–Trinajstić information content (AvgIpc) is 2.63. The van der Waals surface area contributed by atoms with Gasteiger partial charge in [0.15, 0.2) is 0 Å². The smallest absolute Gasteiger partial charge is 0.0125 e. The Balaban J connectivity index is 1.58. The van der Waals surface area contributed by atoms with Crippen molar-refractivity contribution in [1.82, 2.24) is 15.1 Å². The molecular formula is C15H29N3. The summed E-state index contributed by atoms with van der Waals surface area (Å²) in [4.78, 5) is 5.48. The first-order chi connectivity index (χ1) is 8.78. The van der Waals surface area contributed by atoms with Crippen molar-refractivity contribution in [1.29, 1.82) is 0 Å². The van der Waals surface area contributed by atoms with Crippen LogP contribution in [0.15, 0.2) is 0 Å². The molecule has 0 spiro atoms. The third-order valence-electron chi connectivity index (χ3n) is 5.63. The second kappa shape index (κ2) is 5.48. The summed E-state index contributed by atoms with van der Waals surface area (Å²) in [5.41, 5.74) is 0. The molecule has 0 aromatic heterocycles. The van der Waals surface area contributed by atoms with Crippen molar-refractivity contribution in [3.63, 3.8) is 0 Å². The van der Waals surface area contributed by atoms with E-state index in [2.05, 4.69) is 29.2 Å². The van der Waals surface area contributed by atoms with Gasteiger partial charge >= 0.3 is 0 Å². The Hall–Kier alpha value is -0.120. The molecule has 3 aliphatic rings. The van der Waals surface area contributed by atoms with Gasteiger partial charge in [-0.15, -0.1) is 0 Å². The Labute approximate surface area is 112 Å². The first-order valence-electron chi connectivity index (χ1n) is 7.88. The van der Waals surface area contributed by atoms with Crippen molar-refractivity contribution < 1.29 is 0 Å². The molecule has 104 valence electrons. The van der Waals surface area contributed by atoms with E-state index in [0.29, 0.717) is 0 Å². The van der Waals surface area contributed by atoms with Crippen LogP contribution in [0, 0.1) is 5.92 Å². The van der Waals surface area contributed by atoms with Crippen LogP contribution < -0.4 is 5.32 Å². The maximum absolute atomic E-state index is 3.36. The molecule has 3 heteroatoms. The lowest BCUT2D eigenvalue weighted by atomic mass is 9.91. The maximum atomic E-state index is 3.36. The summed E-state index contributed by atoms with van der Waals surface area (Å²) in [6.07, 6.45) is 8.60. The van der Waals surface area contributed by atoms with Gasteiger partial charge in [-0.1, -0.05) is 0 Å². The largest absolute Gasteiger partial charge is 0.319 e. The third-order valence-corrected chi connectivity index (χ3v) is 5.63. The summed E-state index contributed by atoms with van der Waals surface area (Å²) in [5.74, 6) is 0.890. The molecule has 0 aromatic rings. The number of nitrogens with one attached hydrogen (secondary N) is 1. The van der Waals surface area contributed by atoms with Crippen LogP contribution in [0.4, 0.5) is 0 Å². The highest BCUT2D eigenvalue weighted by atomic mass is 15.2. The van der Waals surface area contributed by atoms with Crippen LogP contribution in [0.25, 0.3) is 0 Å². The lowest BCUT2D eigenvalue weighted by Crippen LogP contribution is -2.52. The number of likely N-dealkylation sites (tertiary alicyclic amines) is 1. The Bertz CT molecular complexity index is 265. The molecule has 0 aliphatic carbocycles. The normalized spacial score (nSPS) is 42.3. The molecule has 3 fully saturated rings. The number of nitrogens with zero attached hydrogens (tertiary/aromatic N) is 2. The van der Waals surface area contributed by atoms with Crippen molar-refractivity contribution in [2.75, 3.05) is 33.7 Å². The zero-order chi connectivity index (χ0) is 12.5. The van der Waals surface area contributed by atoms with Gasteiger partial charge in [0.1, 0.15) is 0 Å². The van der Waals surface area contributed by atoms with E-state index in [1.807, 2.05) is 0 Å². The molecule has 0 aromatic carbocycles. The van der Waals surface area contributed by atoms with E-state index in [9.17, 15) is 0 Å². The van der Waals surface area contributed by atoms with E-state index in [4.69, 9.17) is 0 Å². The molecule has 1 N–H and O–H groups in total. The zero-order valence-electron chi connectivity index (χ0n) is 12.1. The summed E-state index contributed by atoms with van der Waals surface area (Å²) in [6, 6.07) is 2.66. The lowest BCUT2D eigenvalue weighted by Gasteiger charge is -2.44. The molecule has 3 aliphatic heterocycles. The Morgan fingerprint density at radius 2 is 1.78 bits per heavy atom. The van der Waals surface area contributed by atoms with E-state index in [1.54, 1.807) is 0 Å². The van der Waals surface area contributed by atoms with Crippen LogP contribution in [0.3, 0.4) is 0 Å². The van der Waals surface area contributed by atoms with Crippen molar-refractivity contribution in [3.8, 4) is 0 Å². The highest BCUT2D eigenvalue weighted by Crippen LogP contribution is 2.37. The van der Waals surface area contributed by atoms with Crippen molar-refractivity contribution >= 4 is 0 Å².